The molecular formula is C6H17NO4S. The number of rotatable bonds is 5. The molecule has 3 N–H and O–H groups in total. The van der Waals surface area contributed by atoms with Gasteiger partial charge in [0, 0.05) is 6.54 Å². The highest BCUT2D eigenvalue weighted by Gasteiger charge is 2.06. The Labute approximate surface area is 73.4 Å². The second-order valence-electron chi connectivity index (χ2n) is 2.31. The van der Waals surface area contributed by atoms with Crippen LogP contribution in [0.3, 0.4) is 0 Å². The molecule has 6 heteroatoms. The minimum absolute atomic E-state index is 0. The first-order valence-electron chi connectivity index (χ1n) is 3.67. The molecule has 0 saturated heterocycles. The summed E-state index contributed by atoms with van der Waals surface area (Å²) in [5, 5.41) is 0. The molecule has 0 aromatic heterocycles. The monoisotopic (exact) mass is 199 g/mol. The minimum atomic E-state index is -3.78. The first-order chi connectivity index (χ1) is 4.99. The van der Waals surface area contributed by atoms with E-state index in [0.29, 0.717) is 6.54 Å². The number of hydrogen-bond donors (Lipinski definition) is 1. The van der Waals surface area contributed by atoms with E-state index in [0.717, 1.165) is 13.1 Å². The first-order valence-corrected chi connectivity index (χ1v) is 5.28. The van der Waals surface area contributed by atoms with E-state index < -0.39 is 10.1 Å². The Balaban J connectivity index is 0. The second-order valence-corrected chi connectivity index (χ2v) is 3.88. The molecule has 76 valence electrons. The zero-order chi connectivity index (χ0) is 8.91. The van der Waals surface area contributed by atoms with E-state index in [-0.39, 0.29) is 11.2 Å². The molecule has 0 aromatic rings. The summed E-state index contributed by atoms with van der Waals surface area (Å²) in [4.78, 5) is 1.94. The van der Waals surface area contributed by atoms with Gasteiger partial charge in [0.25, 0.3) is 10.1 Å². The summed E-state index contributed by atoms with van der Waals surface area (Å²) < 4.78 is 29.0. The third kappa shape index (κ3) is 7.93. The summed E-state index contributed by atoms with van der Waals surface area (Å²) in [5.41, 5.74) is 0. The van der Waals surface area contributed by atoms with Crippen molar-refractivity contribution in [2.45, 2.75) is 13.8 Å². The van der Waals surface area contributed by atoms with Crippen LogP contribution in [0.4, 0.5) is 0 Å². The van der Waals surface area contributed by atoms with E-state index in [1.165, 1.54) is 0 Å². The maximum atomic E-state index is 10.3. The lowest BCUT2D eigenvalue weighted by atomic mass is 10.5. The van der Waals surface area contributed by atoms with Crippen LogP contribution in [-0.2, 0) is 10.1 Å². The van der Waals surface area contributed by atoms with Crippen molar-refractivity contribution in [1.82, 2.24) is 4.90 Å². The van der Waals surface area contributed by atoms with E-state index >= 15 is 0 Å². The van der Waals surface area contributed by atoms with Crippen LogP contribution < -0.4 is 0 Å². The van der Waals surface area contributed by atoms with Crippen LogP contribution >= 0.6 is 0 Å². The average molecular weight is 199 g/mol. The lowest BCUT2D eigenvalue weighted by Gasteiger charge is -2.16. The Bertz CT molecular complexity index is 186. The van der Waals surface area contributed by atoms with Gasteiger partial charge in [-0.15, -0.1) is 0 Å². The van der Waals surface area contributed by atoms with Crippen LogP contribution in [0, 0.1) is 0 Å². The smallest absolute Gasteiger partial charge is 0.266 e. The summed E-state index contributed by atoms with van der Waals surface area (Å²) in [6.07, 6.45) is 0. The van der Waals surface area contributed by atoms with E-state index in [2.05, 4.69) is 0 Å². The molecule has 5 nitrogen and oxygen atoms in total. The average Bonchev–Trinajstić information content (AvgIpc) is 1.88. The number of nitrogens with zero attached hydrogens (tertiary/aromatic N) is 1. The topological polar surface area (TPSA) is 89.1 Å². The van der Waals surface area contributed by atoms with Crippen molar-refractivity contribution in [2.24, 2.45) is 0 Å². The van der Waals surface area contributed by atoms with Gasteiger partial charge in [-0.2, -0.15) is 8.42 Å². The fraction of sp³-hybridized carbons (Fsp3) is 1.00. The third-order valence-electron chi connectivity index (χ3n) is 1.56. The highest BCUT2D eigenvalue weighted by Crippen LogP contribution is 1.89. The van der Waals surface area contributed by atoms with Crippen LogP contribution in [0.2, 0.25) is 0 Å². The van der Waals surface area contributed by atoms with Crippen LogP contribution in [-0.4, -0.2) is 48.7 Å². The predicted molar refractivity (Wildman–Crippen MR) is 47.8 cm³/mol. The first kappa shape index (κ1) is 14.4. The van der Waals surface area contributed by atoms with Crippen molar-refractivity contribution in [2.75, 3.05) is 25.4 Å². The molecule has 0 aromatic carbocycles. The molecule has 0 rings (SSSR count). The largest absolute Gasteiger partial charge is 0.412 e. The molecule has 0 fully saturated rings. The predicted octanol–water partition coefficient (Wildman–Crippen LogP) is -0.609. The van der Waals surface area contributed by atoms with E-state index in [4.69, 9.17) is 4.55 Å². The molecule has 0 aliphatic heterocycles. The van der Waals surface area contributed by atoms with Gasteiger partial charge in [-0.05, 0) is 13.1 Å². The van der Waals surface area contributed by atoms with Crippen LogP contribution in [0.25, 0.3) is 0 Å². The number of hydrogen-bond acceptors (Lipinski definition) is 3. The second kappa shape index (κ2) is 6.36. The summed E-state index contributed by atoms with van der Waals surface area (Å²) >= 11 is 0. The third-order valence-corrected chi connectivity index (χ3v) is 2.26. The van der Waals surface area contributed by atoms with Gasteiger partial charge in [0.1, 0.15) is 0 Å². The standard InChI is InChI=1S/C6H15NO3S.H2O/c1-3-7(4-2)5-6-11(8,9)10;/h3-6H2,1-2H3,(H,8,9,10);1H2. The van der Waals surface area contributed by atoms with Gasteiger partial charge >= 0.3 is 0 Å². The highest BCUT2D eigenvalue weighted by molar-refractivity contribution is 7.85. The van der Waals surface area contributed by atoms with Gasteiger partial charge in [-0.1, -0.05) is 13.8 Å². The van der Waals surface area contributed by atoms with Crippen molar-refractivity contribution in [3.05, 3.63) is 0 Å². The maximum Gasteiger partial charge on any atom is 0.266 e. The Morgan fingerprint density at radius 2 is 1.67 bits per heavy atom. The lowest BCUT2D eigenvalue weighted by Crippen LogP contribution is -2.28. The van der Waals surface area contributed by atoms with Crippen molar-refractivity contribution < 1.29 is 18.4 Å². The molecule has 0 saturated carbocycles. The van der Waals surface area contributed by atoms with Crippen LogP contribution in [0.5, 0.6) is 0 Å². The van der Waals surface area contributed by atoms with E-state index in [9.17, 15) is 8.42 Å². The van der Waals surface area contributed by atoms with Gasteiger partial charge in [0.15, 0.2) is 0 Å². The van der Waals surface area contributed by atoms with Crippen molar-refractivity contribution in [3.63, 3.8) is 0 Å². The normalized spacial score (nSPS) is 11.3. The molecule has 0 radical (unpaired) electrons. The van der Waals surface area contributed by atoms with E-state index in [1.807, 2.05) is 18.7 Å². The Kier molecular flexibility index (Phi) is 7.61. The van der Waals surface area contributed by atoms with Crippen molar-refractivity contribution >= 4 is 10.1 Å². The van der Waals surface area contributed by atoms with Crippen LogP contribution in [0.1, 0.15) is 13.8 Å². The quantitative estimate of drug-likeness (QED) is 0.598. The fourth-order valence-electron chi connectivity index (χ4n) is 0.784. The zero-order valence-electron chi connectivity index (χ0n) is 7.45. The molecule has 0 aliphatic carbocycles. The maximum absolute atomic E-state index is 10.3. The molecule has 0 bridgehead atoms. The van der Waals surface area contributed by atoms with Gasteiger partial charge < -0.3 is 10.4 Å². The van der Waals surface area contributed by atoms with Gasteiger partial charge in [-0.25, -0.2) is 0 Å². The molecule has 0 amide bonds. The lowest BCUT2D eigenvalue weighted by molar-refractivity contribution is 0.318. The highest BCUT2D eigenvalue weighted by atomic mass is 32.2. The molecule has 0 atom stereocenters. The van der Waals surface area contributed by atoms with Crippen molar-refractivity contribution in [1.29, 1.82) is 0 Å². The Morgan fingerprint density at radius 3 is 1.92 bits per heavy atom. The molecule has 0 heterocycles. The van der Waals surface area contributed by atoms with Gasteiger partial charge in [-0.3, -0.25) is 4.55 Å². The van der Waals surface area contributed by atoms with Gasteiger partial charge in [0.05, 0.1) is 5.75 Å². The van der Waals surface area contributed by atoms with Gasteiger partial charge in [0.2, 0.25) is 0 Å². The van der Waals surface area contributed by atoms with E-state index in [1.54, 1.807) is 0 Å². The summed E-state index contributed by atoms with van der Waals surface area (Å²) in [6.45, 7) is 5.94. The fourth-order valence-corrected chi connectivity index (χ4v) is 1.27. The minimum Gasteiger partial charge on any atom is -0.412 e. The summed E-state index contributed by atoms with van der Waals surface area (Å²) in [5.74, 6) is -0.172. The molecule has 12 heavy (non-hydrogen) atoms. The molecule has 0 unspecified atom stereocenters. The van der Waals surface area contributed by atoms with Crippen molar-refractivity contribution in [3.8, 4) is 0 Å². The zero-order valence-corrected chi connectivity index (χ0v) is 8.26. The molecular weight excluding hydrogens is 182 g/mol. The Morgan fingerprint density at radius 1 is 1.25 bits per heavy atom. The SMILES string of the molecule is CCN(CC)CCS(=O)(=O)O.O. The van der Waals surface area contributed by atoms with Crippen LogP contribution in [0.15, 0.2) is 0 Å². The summed E-state index contributed by atoms with van der Waals surface area (Å²) in [7, 11) is -3.78. The molecule has 0 aliphatic rings. The molecule has 0 spiro atoms. The Hall–Kier alpha value is -0.170. The summed E-state index contributed by atoms with van der Waals surface area (Å²) in [6, 6.07) is 0.